The van der Waals surface area contributed by atoms with Crippen molar-refractivity contribution in [3.05, 3.63) is 53.2 Å². The molecule has 2 rings (SSSR count). The minimum absolute atomic E-state index is 1.22. The number of halogens is 2. The maximum absolute atomic E-state index is 2.23. The largest absolute Gasteiger partial charge is 0.255 e. The van der Waals surface area contributed by atoms with Crippen LogP contribution in [0.25, 0.3) is 0 Å². The molecule has 0 saturated heterocycles. The van der Waals surface area contributed by atoms with E-state index in [9.17, 15) is 0 Å². The van der Waals surface area contributed by atoms with Crippen LogP contribution in [0.3, 0.4) is 0 Å². The van der Waals surface area contributed by atoms with Crippen LogP contribution in [0.5, 0.6) is 0 Å². The van der Waals surface area contributed by atoms with Gasteiger partial charge in [-0.2, -0.15) is 11.3 Å². The van der Waals surface area contributed by atoms with Gasteiger partial charge in [0.05, 0.1) is 51.4 Å². The third kappa shape index (κ3) is 5.16. The van der Waals surface area contributed by atoms with E-state index in [2.05, 4.69) is 57.9 Å². The van der Waals surface area contributed by atoms with Gasteiger partial charge in [-0.05, 0) is 22.9 Å². The fourth-order valence-electron chi connectivity index (χ4n) is 0.767. The summed E-state index contributed by atoms with van der Waals surface area (Å²) in [5.41, 5.74) is 1.22. The van der Waals surface area contributed by atoms with Gasteiger partial charge < -0.3 is 0 Å². The molecule has 14 heavy (non-hydrogen) atoms. The van der Waals surface area contributed by atoms with Crippen molar-refractivity contribution in [2.75, 3.05) is 1.33 Å². The molecule has 1 nitrogen and oxygen atoms in total. The molecule has 0 N–H and O–H groups in total. The van der Waals surface area contributed by atoms with E-state index in [4.69, 9.17) is 0 Å². The molecule has 0 aliphatic rings. The summed E-state index contributed by atoms with van der Waals surface area (Å²) in [6.07, 6.45) is 0. The fraction of sp³-hybridized carbons (Fsp3) is 0. The van der Waals surface area contributed by atoms with Gasteiger partial charge in [-0.15, -0.1) is 0 Å². The second-order valence-corrected chi connectivity index (χ2v) is 6.95. The van der Waals surface area contributed by atoms with Gasteiger partial charge in [0, 0.05) is 0 Å². The third-order valence-corrected chi connectivity index (χ3v) is 3.12. The van der Waals surface area contributed by atoms with Gasteiger partial charge >= 0.3 is 0 Å². The minimum Gasteiger partial charge on any atom is -0.255 e. The van der Waals surface area contributed by atoms with Crippen molar-refractivity contribution < 1.29 is 0 Å². The van der Waals surface area contributed by atoms with Gasteiger partial charge in [-0.3, -0.25) is 1.33 Å². The van der Waals surface area contributed by atoms with Crippen LogP contribution in [0.15, 0.2) is 53.2 Å². The topological polar surface area (TPSA) is 3.24 Å². The molecule has 0 unspecified atom stereocenters. The van der Waals surface area contributed by atoms with E-state index < -0.39 is 0 Å². The van der Waals surface area contributed by atoms with E-state index in [-0.39, 0.29) is 0 Å². The average Bonchev–Trinajstić information content (AvgIpc) is 2.77. The van der Waals surface area contributed by atoms with E-state index in [1.165, 1.54) is 5.69 Å². The van der Waals surface area contributed by atoms with Crippen LogP contribution in [-0.2, 0) is 0 Å². The summed E-state index contributed by atoms with van der Waals surface area (Å²) >= 11 is 6.17. The van der Waals surface area contributed by atoms with Gasteiger partial charge in [0.25, 0.3) is 0 Å². The first kappa shape index (κ1) is 12.3. The van der Waals surface area contributed by atoms with Crippen molar-refractivity contribution in [3.63, 3.8) is 0 Å². The highest BCUT2D eigenvalue weighted by Gasteiger charge is 1.92. The lowest BCUT2D eigenvalue weighted by molar-refractivity contribution is 1.66. The number of anilines is 1. The van der Waals surface area contributed by atoms with Crippen LogP contribution in [-0.4, -0.2) is 0 Å². The Bertz CT molecular complexity index is 304. The molecule has 0 spiro atoms. The quantitative estimate of drug-likeness (QED) is 0.459. The standard InChI is InChI=1S/C6H5I2N.C4H4S/c7-9(8)6-4-2-1-3-5-6;1-2-4-5-3-1/h1-5H;1-4H. The molecular weight excluding hydrogens is 420 g/mol. The number of benzene rings is 1. The van der Waals surface area contributed by atoms with Crippen LogP contribution < -0.4 is 1.33 Å². The molecule has 0 atom stereocenters. The molecule has 0 aliphatic carbocycles. The second kappa shape index (κ2) is 7.47. The van der Waals surface area contributed by atoms with Gasteiger partial charge in [0.1, 0.15) is 0 Å². The Morgan fingerprint density at radius 1 is 0.857 bits per heavy atom. The number of hydrogen-bond acceptors (Lipinski definition) is 2. The molecule has 0 bridgehead atoms. The van der Waals surface area contributed by atoms with Crippen molar-refractivity contribution in [1.82, 2.24) is 0 Å². The first-order valence-corrected chi connectivity index (χ1v) is 6.82. The average molecular weight is 429 g/mol. The van der Waals surface area contributed by atoms with Crippen molar-refractivity contribution in [3.8, 4) is 0 Å². The summed E-state index contributed by atoms with van der Waals surface area (Å²) in [5, 5.41) is 4.08. The zero-order valence-corrected chi connectivity index (χ0v) is 12.4. The van der Waals surface area contributed by atoms with Crippen LogP contribution in [0.4, 0.5) is 5.69 Å². The first-order valence-electron chi connectivity index (χ1n) is 3.94. The Labute approximate surface area is 116 Å². The normalized spacial score (nSPS) is 8.71. The number of para-hydroxylation sites is 1. The van der Waals surface area contributed by atoms with Crippen molar-refractivity contribution in [2.45, 2.75) is 0 Å². The van der Waals surface area contributed by atoms with E-state index in [0.717, 1.165) is 0 Å². The van der Waals surface area contributed by atoms with E-state index in [1.54, 1.807) is 11.3 Å². The number of rotatable bonds is 1. The number of hydrogen-bond donors (Lipinski definition) is 0. The third-order valence-electron chi connectivity index (χ3n) is 1.38. The molecule has 1 heterocycles. The summed E-state index contributed by atoms with van der Waals surface area (Å²) in [6.45, 7) is 0. The minimum atomic E-state index is 1.22. The predicted molar refractivity (Wildman–Crippen MR) is 81.3 cm³/mol. The molecule has 1 aromatic carbocycles. The van der Waals surface area contributed by atoms with Crippen molar-refractivity contribution in [2.24, 2.45) is 0 Å². The number of nitrogens with zero attached hydrogens (tertiary/aromatic N) is 1. The molecule has 1 aromatic heterocycles. The molecular formula is C10H9I2NS. The van der Waals surface area contributed by atoms with Crippen molar-refractivity contribution in [1.29, 1.82) is 0 Å². The van der Waals surface area contributed by atoms with Crippen molar-refractivity contribution >= 4 is 62.8 Å². The summed E-state index contributed by atoms with van der Waals surface area (Å²) in [5.74, 6) is 0. The molecule has 0 saturated carbocycles. The molecule has 2 aromatic rings. The predicted octanol–water partition coefficient (Wildman–Crippen LogP) is 4.94. The highest BCUT2D eigenvalue weighted by atomic mass is 127. The highest BCUT2D eigenvalue weighted by Crippen LogP contribution is 2.21. The molecule has 0 aliphatic heterocycles. The lowest BCUT2D eigenvalue weighted by atomic mass is 10.3. The van der Waals surface area contributed by atoms with Crippen LogP contribution in [0.2, 0.25) is 0 Å². The lowest BCUT2D eigenvalue weighted by Crippen LogP contribution is -1.86. The Kier molecular flexibility index (Phi) is 6.54. The van der Waals surface area contributed by atoms with Crippen LogP contribution in [0, 0.1) is 0 Å². The molecule has 0 radical (unpaired) electrons. The van der Waals surface area contributed by atoms with E-state index >= 15 is 0 Å². The maximum Gasteiger partial charge on any atom is 0.0697 e. The summed E-state index contributed by atoms with van der Waals surface area (Å²) in [6, 6.07) is 14.2. The summed E-state index contributed by atoms with van der Waals surface area (Å²) in [4.78, 5) is 0. The molecule has 74 valence electrons. The van der Waals surface area contributed by atoms with Gasteiger partial charge in [0.2, 0.25) is 0 Å². The Balaban J connectivity index is 0.000000165. The van der Waals surface area contributed by atoms with Gasteiger partial charge in [-0.1, -0.05) is 30.3 Å². The van der Waals surface area contributed by atoms with Gasteiger partial charge in [0.15, 0.2) is 0 Å². The van der Waals surface area contributed by atoms with Crippen LogP contribution >= 0.6 is 57.1 Å². The highest BCUT2D eigenvalue weighted by molar-refractivity contribution is 14.2. The Morgan fingerprint density at radius 3 is 1.71 bits per heavy atom. The van der Waals surface area contributed by atoms with Gasteiger partial charge in [-0.25, -0.2) is 0 Å². The maximum atomic E-state index is 2.23. The molecule has 0 amide bonds. The summed E-state index contributed by atoms with van der Waals surface area (Å²) in [7, 11) is 0. The van der Waals surface area contributed by atoms with E-state index in [0.29, 0.717) is 0 Å². The smallest absolute Gasteiger partial charge is 0.0697 e. The zero-order valence-electron chi connectivity index (χ0n) is 7.31. The Hall–Kier alpha value is 0.180. The van der Waals surface area contributed by atoms with Crippen LogP contribution in [0.1, 0.15) is 0 Å². The SMILES string of the molecule is IN(I)c1ccccc1.c1ccsc1. The monoisotopic (exact) mass is 429 g/mol. The summed E-state index contributed by atoms with van der Waals surface area (Å²) < 4.78 is 2.02. The second-order valence-electron chi connectivity index (χ2n) is 2.36. The number of thiophene rings is 1. The molecule has 0 fully saturated rings. The Morgan fingerprint density at radius 2 is 1.43 bits per heavy atom. The first-order chi connectivity index (χ1) is 6.80. The van der Waals surface area contributed by atoms with E-state index in [1.807, 2.05) is 42.4 Å². The fourth-order valence-corrected chi connectivity index (χ4v) is 1.86. The molecule has 4 heteroatoms. The lowest BCUT2D eigenvalue weighted by Gasteiger charge is -2.04. The zero-order chi connectivity index (χ0) is 10.2.